The van der Waals surface area contributed by atoms with Gasteiger partial charge in [-0.25, -0.2) is 4.79 Å². The molecule has 74 valence electrons. The number of aromatic carboxylic acids is 1. The van der Waals surface area contributed by atoms with Crippen LogP contribution in [0.25, 0.3) is 0 Å². The van der Waals surface area contributed by atoms with E-state index in [4.69, 9.17) is 5.11 Å². The fourth-order valence-electron chi connectivity index (χ4n) is 1.14. The Bertz CT molecular complexity index is 396. The Morgan fingerprint density at radius 1 is 1.71 bits per heavy atom. The highest BCUT2D eigenvalue weighted by Crippen LogP contribution is 2.05. The summed E-state index contributed by atoms with van der Waals surface area (Å²) in [6, 6.07) is 0. The molecule has 1 aromatic heterocycles. The third kappa shape index (κ3) is 2.36. The Morgan fingerprint density at radius 2 is 2.43 bits per heavy atom. The Balaban J connectivity index is 2.74. The lowest BCUT2D eigenvalue weighted by molar-refractivity contribution is 0.0696. The zero-order valence-electron chi connectivity index (χ0n) is 8.24. The molecule has 1 heterocycles. The van der Waals surface area contributed by atoms with Crippen molar-refractivity contribution >= 4 is 5.97 Å². The van der Waals surface area contributed by atoms with Crippen molar-refractivity contribution in [1.29, 1.82) is 0 Å². The molecule has 0 saturated carbocycles. The molecule has 4 heteroatoms. The maximum atomic E-state index is 10.7. The molecule has 1 N–H and O–H groups in total. The third-order valence-corrected chi connectivity index (χ3v) is 1.82. The lowest BCUT2D eigenvalue weighted by Crippen LogP contribution is -1.97. The maximum Gasteiger partial charge on any atom is 0.339 e. The second-order valence-corrected chi connectivity index (χ2v) is 2.87. The summed E-state index contributed by atoms with van der Waals surface area (Å²) >= 11 is 0. The molecule has 1 rings (SSSR count). The summed E-state index contributed by atoms with van der Waals surface area (Å²) in [7, 11) is 0. The van der Waals surface area contributed by atoms with Crippen molar-refractivity contribution in [3.05, 3.63) is 17.5 Å². The normalized spacial score (nSPS) is 9.29. The van der Waals surface area contributed by atoms with E-state index in [1.54, 1.807) is 18.5 Å². The number of aromatic nitrogens is 2. The molecule has 0 spiro atoms. The molecule has 0 bridgehead atoms. The van der Waals surface area contributed by atoms with Gasteiger partial charge in [0.15, 0.2) is 0 Å². The van der Waals surface area contributed by atoms with Gasteiger partial charge < -0.3 is 5.11 Å². The molecule has 0 aliphatic carbocycles. The predicted molar refractivity (Wildman–Crippen MR) is 52.0 cm³/mol. The maximum absolute atomic E-state index is 10.7. The summed E-state index contributed by atoms with van der Waals surface area (Å²) in [5.74, 6) is 4.74. The lowest BCUT2D eigenvalue weighted by atomic mass is 10.3. The largest absolute Gasteiger partial charge is 0.478 e. The van der Waals surface area contributed by atoms with Crippen LogP contribution < -0.4 is 0 Å². The van der Waals surface area contributed by atoms with Crippen LogP contribution in [0.5, 0.6) is 0 Å². The Morgan fingerprint density at radius 3 is 2.93 bits per heavy atom. The van der Waals surface area contributed by atoms with Crippen LogP contribution in [0, 0.1) is 18.8 Å². The van der Waals surface area contributed by atoms with Gasteiger partial charge in [-0.3, -0.25) is 4.68 Å². The van der Waals surface area contributed by atoms with Gasteiger partial charge >= 0.3 is 5.97 Å². The quantitative estimate of drug-likeness (QED) is 0.734. The van der Waals surface area contributed by atoms with E-state index < -0.39 is 5.97 Å². The topological polar surface area (TPSA) is 55.1 Å². The van der Waals surface area contributed by atoms with Gasteiger partial charge in [0.25, 0.3) is 0 Å². The van der Waals surface area contributed by atoms with Crippen molar-refractivity contribution < 1.29 is 9.90 Å². The SMILES string of the molecule is CC#CCCn1cc(C(=O)O)c(C)n1. The first-order chi connectivity index (χ1) is 6.65. The molecule has 0 aliphatic rings. The minimum atomic E-state index is -0.935. The summed E-state index contributed by atoms with van der Waals surface area (Å²) in [4.78, 5) is 10.7. The average Bonchev–Trinajstić information content (AvgIpc) is 2.47. The number of carboxylic acid groups (broad SMARTS) is 1. The van der Waals surface area contributed by atoms with Gasteiger partial charge in [-0.05, 0) is 13.8 Å². The number of nitrogens with zero attached hydrogens (tertiary/aromatic N) is 2. The minimum Gasteiger partial charge on any atom is -0.478 e. The van der Waals surface area contributed by atoms with Crippen molar-refractivity contribution in [2.45, 2.75) is 26.8 Å². The van der Waals surface area contributed by atoms with Crippen LogP contribution in [0.2, 0.25) is 0 Å². The molecule has 0 atom stereocenters. The van der Waals surface area contributed by atoms with Crippen molar-refractivity contribution in [1.82, 2.24) is 9.78 Å². The minimum absolute atomic E-state index is 0.259. The first-order valence-corrected chi connectivity index (χ1v) is 4.32. The van der Waals surface area contributed by atoms with Gasteiger partial charge in [-0.2, -0.15) is 5.10 Å². The van der Waals surface area contributed by atoms with E-state index in [-0.39, 0.29) is 5.56 Å². The van der Waals surface area contributed by atoms with Crippen molar-refractivity contribution in [3.8, 4) is 11.8 Å². The van der Waals surface area contributed by atoms with E-state index >= 15 is 0 Å². The van der Waals surface area contributed by atoms with Gasteiger partial charge in [-0.15, -0.1) is 11.8 Å². The summed E-state index contributed by atoms with van der Waals surface area (Å²) < 4.78 is 1.61. The summed E-state index contributed by atoms with van der Waals surface area (Å²) in [5.41, 5.74) is 0.802. The molecule has 0 aromatic carbocycles. The van der Waals surface area contributed by atoms with E-state index in [1.807, 2.05) is 0 Å². The molecule has 0 unspecified atom stereocenters. The van der Waals surface area contributed by atoms with E-state index in [2.05, 4.69) is 16.9 Å². The van der Waals surface area contributed by atoms with E-state index in [0.717, 1.165) is 0 Å². The van der Waals surface area contributed by atoms with Gasteiger partial charge in [0.05, 0.1) is 12.2 Å². The number of aryl methyl sites for hydroxylation is 2. The molecular weight excluding hydrogens is 180 g/mol. The van der Waals surface area contributed by atoms with Gasteiger partial charge in [-0.1, -0.05) is 0 Å². The van der Waals surface area contributed by atoms with Gasteiger partial charge in [0.1, 0.15) is 5.56 Å². The van der Waals surface area contributed by atoms with E-state index in [0.29, 0.717) is 18.7 Å². The Kier molecular flexibility index (Phi) is 3.29. The first kappa shape index (κ1) is 10.3. The Hall–Kier alpha value is -1.76. The van der Waals surface area contributed by atoms with Crippen LogP contribution in [-0.2, 0) is 6.54 Å². The van der Waals surface area contributed by atoms with Crippen LogP contribution in [-0.4, -0.2) is 20.9 Å². The number of hydrogen-bond acceptors (Lipinski definition) is 2. The van der Waals surface area contributed by atoms with E-state index in [1.165, 1.54) is 6.20 Å². The number of hydrogen-bond donors (Lipinski definition) is 1. The second-order valence-electron chi connectivity index (χ2n) is 2.87. The monoisotopic (exact) mass is 192 g/mol. The molecule has 0 fully saturated rings. The molecule has 0 radical (unpaired) electrons. The molecule has 0 amide bonds. The molecule has 0 saturated heterocycles. The highest BCUT2D eigenvalue weighted by molar-refractivity contribution is 5.88. The van der Waals surface area contributed by atoms with Crippen molar-refractivity contribution in [2.24, 2.45) is 0 Å². The smallest absolute Gasteiger partial charge is 0.339 e. The zero-order valence-corrected chi connectivity index (χ0v) is 8.24. The number of rotatable bonds is 3. The standard InChI is InChI=1S/C10H12N2O2/c1-3-4-5-6-12-7-9(10(13)14)8(2)11-12/h7H,5-6H2,1-2H3,(H,13,14). The number of carbonyl (C=O) groups is 1. The summed E-state index contributed by atoms with van der Waals surface area (Å²) in [6.45, 7) is 4.09. The molecule has 4 nitrogen and oxygen atoms in total. The highest BCUT2D eigenvalue weighted by atomic mass is 16.4. The van der Waals surface area contributed by atoms with Crippen LogP contribution >= 0.6 is 0 Å². The van der Waals surface area contributed by atoms with Gasteiger partial charge in [0, 0.05) is 12.6 Å². The summed E-state index contributed by atoms with van der Waals surface area (Å²) in [6.07, 6.45) is 2.23. The highest BCUT2D eigenvalue weighted by Gasteiger charge is 2.10. The fraction of sp³-hybridized carbons (Fsp3) is 0.400. The lowest BCUT2D eigenvalue weighted by Gasteiger charge is -1.93. The van der Waals surface area contributed by atoms with Crippen LogP contribution in [0.15, 0.2) is 6.20 Å². The first-order valence-electron chi connectivity index (χ1n) is 4.32. The predicted octanol–water partition coefficient (Wildman–Crippen LogP) is 1.30. The van der Waals surface area contributed by atoms with Gasteiger partial charge in [0.2, 0.25) is 0 Å². The molecular formula is C10H12N2O2. The van der Waals surface area contributed by atoms with Crippen LogP contribution in [0.1, 0.15) is 29.4 Å². The second kappa shape index (κ2) is 4.47. The van der Waals surface area contributed by atoms with Crippen LogP contribution in [0.4, 0.5) is 0 Å². The Labute approximate surface area is 82.5 Å². The molecule has 1 aromatic rings. The molecule has 14 heavy (non-hydrogen) atoms. The number of carboxylic acids is 1. The van der Waals surface area contributed by atoms with Crippen molar-refractivity contribution in [3.63, 3.8) is 0 Å². The zero-order chi connectivity index (χ0) is 10.6. The third-order valence-electron chi connectivity index (χ3n) is 1.82. The summed E-state index contributed by atoms with van der Waals surface area (Å²) in [5, 5.41) is 12.8. The van der Waals surface area contributed by atoms with Crippen LogP contribution in [0.3, 0.4) is 0 Å². The fourth-order valence-corrected chi connectivity index (χ4v) is 1.14. The average molecular weight is 192 g/mol. The van der Waals surface area contributed by atoms with E-state index in [9.17, 15) is 4.79 Å². The molecule has 0 aliphatic heterocycles. The van der Waals surface area contributed by atoms with Crippen molar-refractivity contribution in [2.75, 3.05) is 0 Å².